The molecule has 2 aromatic heterocycles. The van der Waals surface area contributed by atoms with E-state index in [4.69, 9.17) is 0 Å². The van der Waals surface area contributed by atoms with Crippen LogP contribution in [0.25, 0.3) is 77.2 Å². The van der Waals surface area contributed by atoms with E-state index in [1.165, 1.54) is 146 Å². The molecule has 14 rings (SSSR count). The van der Waals surface area contributed by atoms with Crippen LogP contribution < -0.4 is 28.5 Å². The van der Waals surface area contributed by atoms with Gasteiger partial charge >= 0.3 is 492 Å². The Hall–Kier alpha value is -7.55. The fraction of sp³-hybridized carbons (Fsp3) is 0.286. The minimum absolute atomic E-state index is 0.00454. The van der Waals surface area contributed by atoms with Crippen LogP contribution in [0.5, 0.6) is 0 Å². The summed E-state index contributed by atoms with van der Waals surface area (Å²) in [6, 6.07) is 76.9. The van der Waals surface area contributed by atoms with Crippen LogP contribution in [0.4, 0.5) is 17.1 Å². The third-order valence-electron chi connectivity index (χ3n) is 19.5. The van der Waals surface area contributed by atoms with Crippen molar-refractivity contribution in [1.82, 2.24) is 9.13 Å². The predicted molar refractivity (Wildman–Crippen MR) is 389 cm³/mol. The van der Waals surface area contributed by atoms with E-state index in [1.807, 2.05) is 0 Å². The second kappa shape index (κ2) is 20.5. The molecule has 0 atom stereocenters. The van der Waals surface area contributed by atoms with Crippen LogP contribution in [0, 0.1) is 0 Å². The predicted octanol–water partition coefficient (Wildman–Crippen LogP) is 19.3. The van der Waals surface area contributed by atoms with Crippen molar-refractivity contribution in [2.75, 3.05) is 4.90 Å². The van der Waals surface area contributed by atoms with E-state index in [-0.39, 0.29) is 39.2 Å². The molecule has 0 amide bonds. The first-order valence-corrected chi connectivity index (χ1v) is 34.7. The number of benzene rings is 10. The van der Waals surface area contributed by atoms with Gasteiger partial charge in [-0.15, -0.1) is 0 Å². The molecule has 0 radical (unpaired) electrons. The molecule has 0 saturated carbocycles. The van der Waals surface area contributed by atoms with Gasteiger partial charge in [0.15, 0.2) is 0 Å². The van der Waals surface area contributed by atoms with E-state index in [2.05, 4.69) is 333 Å². The third-order valence-corrected chi connectivity index (χ3v) is 22.7. The van der Waals surface area contributed by atoms with Gasteiger partial charge in [-0.1, -0.05) is 41.5 Å². The molecular weight excluding hydrogens is 1190 g/mol. The summed E-state index contributed by atoms with van der Waals surface area (Å²) in [7, 11) is 0. The molecule has 0 bridgehead atoms. The van der Waals surface area contributed by atoms with E-state index in [9.17, 15) is 0 Å². The molecule has 4 heterocycles. The summed E-state index contributed by atoms with van der Waals surface area (Å²) >= 11 is -0.954. The van der Waals surface area contributed by atoms with Gasteiger partial charge in [-0.3, -0.25) is 0 Å². The molecule has 0 fully saturated rings. The minimum atomic E-state index is -0.954. The van der Waals surface area contributed by atoms with E-state index in [0.29, 0.717) is 0 Å². The van der Waals surface area contributed by atoms with Crippen molar-refractivity contribution in [2.45, 2.75) is 157 Å². The van der Waals surface area contributed by atoms with E-state index in [1.54, 1.807) is 0 Å². The first-order chi connectivity index (χ1) is 41.9. The van der Waals surface area contributed by atoms with Crippen molar-refractivity contribution in [3.05, 3.63) is 228 Å². The first-order valence-electron chi connectivity index (χ1n) is 32.3. The van der Waals surface area contributed by atoms with Crippen LogP contribution in [-0.2, 0) is 32.5 Å². The summed E-state index contributed by atoms with van der Waals surface area (Å²) in [6.45, 7) is 42.3. The van der Waals surface area contributed by atoms with Crippen molar-refractivity contribution in [1.29, 1.82) is 0 Å². The van der Waals surface area contributed by atoms with Gasteiger partial charge in [-0.25, -0.2) is 0 Å². The third kappa shape index (κ3) is 10.0. The number of anilines is 3. The number of rotatable bonds is 5. The number of nitrogens with zero attached hydrogens (tertiary/aromatic N) is 3. The monoisotopic (exact) mass is 1280 g/mol. The van der Waals surface area contributed by atoms with Crippen LogP contribution in [0.2, 0.25) is 0 Å². The average Bonchev–Trinajstić information content (AvgIpc) is 0.855. The molecule has 5 heteroatoms. The van der Waals surface area contributed by atoms with Crippen molar-refractivity contribution in [3.63, 3.8) is 0 Å². The molecule has 89 heavy (non-hydrogen) atoms. The summed E-state index contributed by atoms with van der Waals surface area (Å²) < 4.78 is 8.18. The summed E-state index contributed by atoms with van der Waals surface area (Å²) in [5, 5.41) is 5.23. The van der Waals surface area contributed by atoms with Crippen molar-refractivity contribution >= 4 is 112 Å². The Kier molecular flexibility index (Phi) is 13.6. The van der Waals surface area contributed by atoms with Gasteiger partial charge in [0.25, 0.3) is 0 Å². The zero-order chi connectivity index (χ0) is 62.8. The van der Waals surface area contributed by atoms with Crippen LogP contribution in [-0.4, -0.2) is 36.8 Å². The molecule has 0 saturated heterocycles. The molecule has 0 spiro atoms. The zero-order valence-electron chi connectivity index (χ0n) is 55.8. The molecule has 0 N–H and O–H groups in total. The van der Waals surface area contributed by atoms with Crippen LogP contribution >= 0.6 is 0 Å². The molecule has 2 aliphatic rings. The fourth-order valence-electron chi connectivity index (χ4n) is 14.1. The zero-order valence-corrected chi connectivity index (χ0v) is 58.1. The maximum absolute atomic E-state index is 2.76. The standard InChI is InChI=1S/C84H86BN3Te/c1-79(2,3)53-29-37-69-63(41-53)64-42-54(80(4,5)6)30-38-70(64)86(69)59-33-35-67-73(49-59)88(78-61(51-25-21-19-22-26-51)45-57(83(13,14)15)46-62(78)52-27-23-20-24-28-52)74-47-58(84(16,17)18)48-76-77(74)85(67)68-36-34-60(50-75(68)89-76)87-71-39-31-55(81(7,8)9)43-65(71)66-44-56(82(10,11)12)32-40-72(66)87/h19-50H,1-18H3. The van der Waals surface area contributed by atoms with Gasteiger partial charge in [-0.05, 0) is 10.8 Å². The van der Waals surface area contributed by atoms with Crippen molar-refractivity contribution < 1.29 is 0 Å². The maximum atomic E-state index is 2.76. The molecule has 2 aliphatic heterocycles. The Morgan fingerprint density at radius 2 is 0.674 bits per heavy atom. The Labute approximate surface area is 540 Å². The summed E-state index contributed by atoms with van der Waals surface area (Å²) in [6.07, 6.45) is 0. The van der Waals surface area contributed by atoms with Gasteiger partial charge < -0.3 is 0 Å². The summed E-state index contributed by atoms with van der Waals surface area (Å²) in [5.74, 6) is 0. The topological polar surface area (TPSA) is 13.1 Å². The molecule has 0 unspecified atom stereocenters. The Bertz CT molecular complexity index is 4650. The van der Waals surface area contributed by atoms with Crippen LogP contribution in [0.15, 0.2) is 194 Å². The number of hydrogen-bond donors (Lipinski definition) is 0. The van der Waals surface area contributed by atoms with Gasteiger partial charge in [0.1, 0.15) is 0 Å². The number of aromatic nitrogens is 2. The molecule has 0 aliphatic carbocycles. The second-order valence-corrected chi connectivity index (χ2v) is 35.1. The van der Waals surface area contributed by atoms with Gasteiger partial charge in [0.2, 0.25) is 0 Å². The van der Waals surface area contributed by atoms with Crippen LogP contribution in [0.3, 0.4) is 0 Å². The Morgan fingerprint density at radius 1 is 0.303 bits per heavy atom. The molecule has 12 aromatic rings. The summed E-state index contributed by atoms with van der Waals surface area (Å²) in [4.78, 5) is 2.76. The average molecular weight is 1280 g/mol. The van der Waals surface area contributed by atoms with Crippen molar-refractivity contribution in [3.8, 4) is 33.6 Å². The molecule has 3 nitrogen and oxygen atoms in total. The summed E-state index contributed by atoms with van der Waals surface area (Å²) in [5.41, 5.74) is 28.0. The number of hydrogen-bond acceptors (Lipinski definition) is 1. The Morgan fingerprint density at radius 3 is 1.07 bits per heavy atom. The molecule has 446 valence electrons. The quantitative estimate of drug-likeness (QED) is 0.157. The molecule has 10 aromatic carbocycles. The normalized spacial score (nSPS) is 13.9. The number of fused-ring (bicyclic) bond motifs is 10. The van der Waals surface area contributed by atoms with E-state index in [0.717, 1.165) is 5.69 Å². The fourth-order valence-corrected chi connectivity index (χ4v) is 17.7. The second-order valence-electron chi connectivity index (χ2n) is 32.0. The molecular formula is C84H86BN3Te. The first kappa shape index (κ1) is 59.1. The van der Waals surface area contributed by atoms with Gasteiger partial charge in [0.05, 0.1) is 0 Å². The van der Waals surface area contributed by atoms with E-state index >= 15 is 0 Å². The Balaban J connectivity index is 1.09. The van der Waals surface area contributed by atoms with Crippen molar-refractivity contribution in [2.24, 2.45) is 0 Å². The van der Waals surface area contributed by atoms with Gasteiger partial charge in [0, 0.05) is 0 Å². The SMILES string of the molecule is CC(C)(C)c1cc(-c2ccccc2)c(N2c3cc(-n4c5ccc(C(C)(C)C)cc5c5cc(C(C)(C)C)ccc54)ccc3B3c4ccc(-n5c6ccc(C(C)(C)C)cc6c6cc(C(C)(C)C)ccc65)cc4[Te]c4cc(C(C)(C)C)cc2c43)c(-c2ccccc2)c1. The van der Waals surface area contributed by atoms with E-state index < -0.39 is 20.9 Å². The van der Waals surface area contributed by atoms with Gasteiger partial charge in [-0.2, -0.15) is 0 Å². The van der Waals surface area contributed by atoms with Crippen LogP contribution in [0.1, 0.15) is 158 Å².